The van der Waals surface area contributed by atoms with Crippen LogP contribution in [0, 0.1) is 0 Å². The van der Waals surface area contributed by atoms with Gasteiger partial charge in [-0.2, -0.15) is 0 Å². The van der Waals surface area contributed by atoms with Crippen LogP contribution >= 0.6 is 23.4 Å². The molecule has 2 rings (SSSR count). The van der Waals surface area contributed by atoms with Gasteiger partial charge in [0, 0.05) is 24.4 Å². The monoisotopic (exact) mass is 350 g/mol. The predicted octanol–water partition coefficient (Wildman–Crippen LogP) is 4.16. The van der Waals surface area contributed by atoms with Crippen molar-refractivity contribution in [2.75, 3.05) is 13.6 Å². The number of thioether (sulfide) groups is 1. The fourth-order valence-corrected chi connectivity index (χ4v) is 3.40. The predicted molar refractivity (Wildman–Crippen MR) is 97.8 cm³/mol. The third kappa shape index (κ3) is 5.09. The highest BCUT2D eigenvalue weighted by atomic mass is 35.5. The van der Waals surface area contributed by atoms with Crippen molar-refractivity contribution in [3.63, 3.8) is 0 Å². The van der Waals surface area contributed by atoms with E-state index in [1.165, 1.54) is 5.57 Å². The lowest BCUT2D eigenvalue weighted by Gasteiger charge is -2.16. The topological polar surface area (TPSA) is 34.0 Å². The lowest BCUT2D eigenvalue weighted by molar-refractivity contribution is 0.339. The summed E-state index contributed by atoms with van der Waals surface area (Å²) in [6.07, 6.45) is 2.14. The molecule has 0 saturated heterocycles. The Morgan fingerprint density at radius 1 is 1.35 bits per heavy atom. The molecule has 0 aliphatic rings. The third-order valence-electron chi connectivity index (χ3n) is 3.66. The molecule has 124 valence electrons. The van der Waals surface area contributed by atoms with E-state index in [1.54, 1.807) is 11.8 Å². The Balaban J connectivity index is 1.98. The normalized spacial score (nSPS) is 12.2. The quantitative estimate of drug-likeness (QED) is 0.554. The molecule has 0 saturated carbocycles. The summed E-state index contributed by atoms with van der Waals surface area (Å²) in [4.78, 5) is 2.24. The van der Waals surface area contributed by atoms with Crippen LogP contribution in [0.2, 0.25) is 5.02 Å². The molecule has 0 spiro atoms. The minimum atomic E-state index is 0.779. The fourth-order valence-electron chi connectivity index (χ4n) is 2.18. The number of hydrogen-bond acceptors (Lipinski definition) is 4. The second-order valence-electron chi connectivity index (χ2n) is 5.65. The van der Waals surface area contributed by atoms with Crippen LogP contribution in [0.1, 0.15) is 25.2 Å². The Bertz CT molecular complexity index is 681. The number of aromatic nitrogens is 3. The summed E-state index contributed by atoms with van der Waals surface area (Å²) in [6, 6.07) is 7.90. The van der Waals surface area contributed by atoms with Crippen molar-refractivity contribution in [2.24, 2.45) is 7.05 Å². The van der Waals surface area contributed by atoms with Crippen LogP contribution in [0.4, 0.5) is 0 Å². The van der Waals surface area contributed by atoms with Crippen molar-refractivity contribution < 1.29 is 0 Å². The maximum atomic E-state index is 6.20. The second-order valence-corrected chi connectivity index (χ2v) is 6.99. The molecule has 1 heterocycles. The van der Waals surface area contributed by atoms with E-state index in [2.05, 4.69) is 46.6 Å². The van der Waals surface area contributed by atoms with Crippen LogP contribution in [0.15, 0.2) is 41.1 Å². The van der Waals surface area contributed by atoms with E-state index in [0.29, 0.717) is 0 Å². The van der Waals surface area contributed by atoms with Crippen molar-refractivity contribution in [2.45, 2.75) is 31.3 Å². The Hall–Kier alpha value is -1.30. The fraction of sp³-hybridized carbons (Fsp3) is 0.412. The lowest BCUT2D eigenvalue weighted by Crippen LogP contribution is -2.22. The maximum Gasteiger partial charge on any atom is 0.191 e. The zero-order valence-electron chi connectivity index (χ0n) is 14.1. The van der Waals surface area contributed by atoms with Gasteiger partial charge in [0.2, 0.25) is 0 Å². The molecule has 4 nitrogen and oxygen atoms in total. The molecule has 1 aromatic carbocycles. The van der Waals surface area contributed by atoms with Crippen LogP contribution in [0.25, 0.3) is 0 Å². The van der Waals surface area contributed by atoms with Crippen LogP contribution in [-0.2, 0) is 19.3 Å². The van der Waals surface area contributed by atoms with E-state index in [9.17, 15) is 0 Å². The summed E-state index contributed by atoms with van der Waals surface area (Å²) >= 11 is 7.85. The molecule has 0 fully saturated rings. The average molecular weight is 351 g/mol. The summed E-state index contributed by atoms with van der Waals surface area (Å²) in [7, 11) is 4.11. The Morgan fingerprint density at radius 2 is 2.09 bits per heavy atom. The first-order valence-corrected chi connectivity index (χ1v) is 8.92. The number of rotatable bonds is 7. The Morgan fingerprint density at radius 3 is 2.78 bits per heavy atom. The molecule has 0 N–H and O–H groups in total. The molecule has 0 bridgehead atoms. The molecular formula is C17H23ClN4S. The van der Waals surface area contributed by atoms with Crippen LogP contribution in [0.5, 0.6) is 0 Å². The zero-order chi connectivity index (χ0) is 16.8. The molecule has 2 aromatic rings. The summed E-state index contributed by atoms with van der Waals surface area (Å²) in [5, 5.41) is 10.3. The first kappa shape index (κ1) is 18.0. The van der Waals surface area contributed by atoms with Gasteiger partial charge in [-0.3, -0.25) is 4.90 Å². The SMILES string of the molecule is C/C=C(\C)CN(C)Cc1nnc(SCc2ccccc2Cl)n1C. The van der Waals surface area contributed by atoms with Gasteiger partial charge in [-0.15, -0.1) is 10.2 Å². The summed E-state index contributed by atoms with van der Waals surface area (Å²) in [5.41, 5.74) is 2.47. The molecule has 0 aliphatic heterocycles. The standard InChI is InChI=1S/C17H23ClN4S/c1-5-13(2)10-21(3)11-16-19-20-17(22(16)4)23-12-14-8-6-7-9-15(14)18/h5-9H,10-12H2,1-4H3/b13-5+. The van der Waals surface area contributed by atoms with Crippen molar-refractivity contribution in [3.8, 4) is 0 Å². The number of halogens is 1. The van der Waals surface area contributed by atoms with Gasteiger partial charge in [0.15, 0.2) is 5.16 Å². The van der Waals surface area contributed by atoms with E-state index in [4.69, 9.17) is 11.6 Å². The van der Waals surface area contributed by atoms with E-state index in [0.717, 1.165) is 40.4 Å². The molecule has 0 amide bonds. The summed E-state index contributed by atoms with van der Waals surface area (Å²) in [5.74, 6) is 1.76. The highest BCUT2D eigenvalue weighted by Gasteiger charge is 2.12. The number of benzene rings is 1. The minimum absolute atomic E-state index is 0.779. The lowest BCUT2D eigenvalue weighted by atomic mass is 10.2. The van der Waals surface area contributed by atoms with Crippen LogP contribution < -0.4 is 0 Å². The van der Waals surface area contributed by atoms with Gasteiger partial charge >= 0.3 is 0 Å². The Labute approximate surface area is 147 Å². The molecule has 1 aromatic heterocycles. The van der Waals surface area contributed by atoms with E-state index >= 15 is 0 Å². The first-order valence-electron chi connectivity index (χ1n) is 7.56. The van der Waals surface area contributed by atoms with Crippen LogP contribution in [-0.4, -0.2) is 33.3 Å². The van der Waals surface area contributed by atoms with Crippen molar-refractivity contribution in [1.82, 2.24) is 19.7 Å². The van der Waals surface area contributed by atoms with E-state index in [1.807, 2.05) is 31.3 Å². The van der Waals surface area contributed by atoms with Gasteiger partial charge in [-0.1, -0.05) is 53.2 Å². The molecule has 0 radical (unpaired) electrons. The first-order chi connectivity index (χ1) is 11.0. The molecule has 0 aliphatic carbocycles. The van der Waals surface area contributed by atoms with Gasteiger partial charge in [0.05, 0.1) is 6.54 Å². The minimum Gasteiger partial charge on any atom is -0.308 e. The van der Waals surface area contributed by atoms with Gasteiger partial charge in [-0.05, 0) is 32.5 Å². The van der Waals surface area contributed by atoms with Crippen molar-refractivity contribution >= 4 is 23.4 Å². The number of nitrogens with zero attached hydrogens (tertiary/aromatic N) is 4. The number of hydrogen-bond donors (Lipinski definition) is 0. The highest BCUT2D eigenvalue weighted by Crippen LogP contribution is 2.25. The maximum absolute atomic E-state index is 6.20. The zero-order valence-corrected chi connectivity index (χ0v) is 15.7. The van der Waals surface area contributed by atoms with E-state index < -0.39 is 0 Å². The van der Waals surface area contributed by atoms with Gasteiger partial charge in [0.1, 0.15) is 5.82 Å². The van der Waals surface area contributed by atoms with E-state index in [-0.39, 0.29) is 0 Å². The highest BCUT2D eigenvalue weighted by molar-refractivity contribution is 7.98. The van der Waals surface area contributed by atoms with Crippen LogP contribution in [0.3, 0.4) is 0 Å². The van der Waals surface area contributed by atoms with Gasteiger partial charge in [0.25, 0.3) is 0 Å². The smallest absolute Gasteiger partial charge is 0.191 e. The molecule has 6 heteroatoms. The average Bonchev–Trinajstić information content (AvgIpc) is 2.87. The van der Waals surface area contributed by atoms with Gasteiger partial charge < -0.3 is 4.57 Å². The summed E-state index contributed by atoms with van der Waals surface area (Å²) in [6.45, 7) is 5.92. The molecule has 23 heavy (non-hydrogen) atoms. The van der Waals surface area contributed by atoms with Gasteiger partial charge in [-0.25, -0.2) is 0 Å². The Kier molecular flexibility index (Phi) is 6.69. The second kappa shape index (κ2) is 8.52. The third-order valence-corrected chi connectivity index (χ3v) is 5.10. The van der Waals surface area contributed by atoms with Crippen molar-refractivity contribution in [1.29, 1.82) is 0 Å². The number of allylic oxidation sites excluding steroid dienone is 1. The number of likely N-dealkylation sites (N-methyl/N-ethyl adjacent to an activating group) is 1. The summed E-state index contributed by atoms with van der Waals surface area (Å²) < 4.78 is 2.06. The largest absolute Gasteiger partial charge is 0.308 e. The molecule has 0 atom stereocenters. The molecule has 0 unspecified atom stereocenters. The molecular weight excluding hydrogens is 328 g/mol. The van der Waals surface area contributed by atoms with Crippen molar-refractivity contribution in [3.05, 3.63) is 52.3 Å².